The molecule has 0 aliphatic carbocycles. The number of sulfonamides is 1. The summed E-state index contributed by atoms with van der Waals surface area (Å²) in [4.78, 5) is 28.7. The third-order valence-electron chi connectivity index (χ3n) is 7.16. The van der Waals surface area contributed by atoms with E-state index >= 15 is 0 Å². The van der Waals surface area contributed by atoms with Crippen molar-refractivity contribution in [1.82, 2.24) is 14.5 Å². The Bertz CT molecular complexity index is 1130. The van der Waals surface area contributed by atoms with Gasteiger partial charge in [0.15, 0.2) is 0 Å². The summed E-state index contributed by atoms with van der Waals surface area (Å²) in [5.74, 6) is -0.441. The van der Waals surface area contributed by atoms with Gasteiger partial charge in [-0.2, -0.15) is 4.31 Å². The van der Waals surface area contributed by atoms with E-state index in [2.05, 4.69) is 5.32 Å². The number of aryl methyl sites for hydroxylation is 2. The molecule has 2 aromatic carbocycles. The summed E-state index contributed by atoms with van der Waals surface area (Å²) in [5.41, 5.74) is 2.59. The van der Waals surface area contributed by atoms with Crippen LogP contribution in [0.5, 0.6) is 0 Å². The molecule has 1 unspecified atom stereocenters. The Morgan fingerprint density at radius 2 is 1.37 bits per heavy atom. The molecule has 2 heterocycles. The Labute approximate surface area is 208 Å². The maximum absolute atomic E-state index is 13.5. The van der Waals surface area contributed by atoms with Crippen LogP contribution >= 0.6 is 0 Å². The molecule has 1 atom stereocenters. The Hall–Kier alpha value is -2.71. The van der Waals surface area contributed by atoms with Gasteiger partial charge in [-0.15, -0.1) is 0 Å². The van der Waals surface area contributed by atoms with Gasteiger partial charge in [0.2, 0.25) is 15.9 Å². The first-order chi connectivity index (χ1) is 16.8. The molecule has 0 bridgehead atoms. The normalized spacial score (nSPS) is 18.7. The number of rotatable bonds is 6. The molecule has 2 fully saturated rings. The number of hydrogen-bond acceptors (Lipinski definition) is 4. The first kappa shape index (κ1) is 25.4. The second-order valence-corrected chi connectivity index (χ2v) is 11.7. The monoisotopic (exact) mass is 497 g/mol. The molecule has 2 saturated heterocycles. The van der Waals surface area contributed by atoms with Crippen LogP contribution in [0.4, 0.5) is 0 Å². The van der Waals surface area contributed by atoms with Gasteiger partial charge in [0.05, 0.1) is 4.90 Å². The molecule has 0 radical (unpaired) electrons. The molecule has 2 aliphatic heterocycles. The lowest BCUT2D eigenvalue weighted by Crippen LogP contribution is -2.55. The van der Waals surface area contributed by atoms with Crippen LogP contribution in [-0.2, 0) is 14.8 Å². The van der Waals surface area contributed by atoms with Gasteiger partial charge in [0, 0.05) is 31.7 Å². The highest BCUT2D eigenvalue weighted by Gasteiger charge is 2.38. The molecule has 2 amide bonds. The minimum Gasteiger partial charge on any atom is -0.341 e. The lowest BCUT2D eigenvalue weighted by Gasteiger charge is -2.38. The molecule has 2 aromatic rings. The minimum atomic E-state index is -3.59. The maximum Gasteiger partial charge on any atom is 0.251 e. The summed E-state index contributed by atoms with van der Waals surface area (Å²) in [6.45, 7) is 5.94. The molecule has 0 saturated carbocycles. The van der Waals surface area contributed by atoms with Crippen molar-refractivity contribution in [3.63, 3.8) is 0 Å². The molecule has 0 aromatic heterocycles. The zero-order valence-electron chi connectivity index (χ0n) is 20.6. The van der Waals surface area contributed by atoms with Gasteiger partial charge < -0.3 is 10.2 Å². The number of benzene rings is 2. The standard InChI is InChI=1S/C27H35N3O4S/c1-20-6-10-23(11-7-20)26(31)28-25(27(32)29-16-4-3-5-17-29)22-14-18-30(19-15-22)35(33,34)24-12-8-21(2)9-13-24/h6-13,22,25H,3-5,14-19H2,1-2H3,(H,28,31). The predicted molar refractivity (Wildman–Crippen MR) is 136 cm³/mol. The molecule has 8 heteroatoms. The van der Waals surface area contributed by atoms with E-state index in [4.69, 9.17) is 0 Å². The topological polar surface area (TPSA) is 86.8 Å². The summed E-state index contributed by atoms with van der Waals surface area (Å²) in [7, 11) is -3.59. The highest BCUT2D eigenvalue weighted by Crippen LogP contribution is 2.27. The highest BCUT2D eigenvalue weighted by molar-refractivity contribution is 7.89. The minimum absolute atomic E-state index is 0.0509. The van der Waals surface area contributed by atoms with E-state index in [1.807, 2.05) is 30.9 Å². The van der Waals surface area contributed by atoms with E-state index in [9.17, 15) is 18.0 Å². The van der Waals surface area contributed by atoms with Crippen LogP contribution in [0.2, 0.25) is 0 Å². The van der Waals surface area contributed by atoms with Crippen molar-refractivity contribution >= 4 is 21.8 Å². The lowest BCUT2D eigenvalue weighted by atomic mass is 9.88. The SMILES string of the molecule is Cc1ccc(C(=O)NC(C(=O)N2CCCCC2)C2CCN(S(=O)(=O)c3ccc(C)cc3)CC2)cc1. The molecule has 4 rings (SSSR count). The van der Waals surface area contributed by atoms with Gasteiger partial charge in [-0.3, -0.25) is 9.59 Å². The van der Waals surface area contributed by atoms with Crippen molar-refractivity contribution in [2.24, 2.45) is 5.92 Å². The molecular weight excluding hydrogens is 462 g/mol. The Balaban J connectivity index is 1.49. The van der Waals surface area contributed by atoms with E-state index < -0.39 is 16.1 Å². The van der Waals surface area contributed by atoms with Crippen molar-refractivity contribution in [1.29, 1.82) is 0 Å². The van der Waals surface area contributed by atoms with Crippen LogP contribution < -0.4 is 5.32 Å². The van der Waals surface area contributed by atoms with E-state index in [1.165, 1.54) is 4.31 Å². The fourth-order valence-corrected chi connectivity index (χ4v) is 6.40. The van der Waals surface area contributed by atoms with E-state index in [1.54, 1.807) is 36.4 Å². The fraction of sp³-hybridized carbons (Fsp3) is 0.481. The van der Waals surface area contributed by atoms with Crippen LogP contribution in [0, 0.1) is 19.8 Å². The van der Waals surface area contributed by atoms with Crippen molar-refractivity contribution < 1.29 is 18.0 Å². The Kier molecular flexibility index (Phi) is 7.91. The van der Waals surface area contributed by atoms with Gasteiger partial charge in [-0.1, -0.05) is 35.4 Å². The average molecular weight is 498 g/mol. The molecule has 2 aliphatic rings. The van der Waals surface area contributed by atoms with Gasteiger partial charge in [0.25, 0.3) is 5.91 Å². The highest BCUT2D eigenvalue weighted by atomic mass is 32.2. The van der Waals surface area contributed by atoms with Crippen LogP contribution in [0.1, 0.15) is 53.6 Å². The van der Waals surface area contributed by atoms with Gasteiger partial charge in [0.1, 0.15) is 6.04 Å². The summed E-state index contributed by atoms with van der Waals surface area (Å²) in [5, 5.41) is 3.01. The molecule has 7 nitrogen and oxygen atoms in total. The largest absolute Gasteiger partial charge is 0.341 e. The fourth-order valence-electron chi connectivity index (χ4n) is 4.93. The third kappa shape index (κ3) is 5.93. The number of nitrogens with one attached hydrogen (secondary N) is 1. The second kappa shape index (κ2) is 10.9. The number of amides is 2. The van der Waals surface area contributed by atoms with Crippen LogP contribution in [0.3, 0.4) is 0 Å². The number of carbonyl (C=O) groups is 2. The third-order valence-corrected chi connectivity index (χ3v) is 9.08. The number of nitrogens with zero attached hydrogens (tertiary/aromatic N) is 2. The first-order valence-electron chi connectivity index (χ1n) is 12.5. The van der Waals surface area contributed by atoms with Crippen LogP contribution in [0.25, 0.3) is 0 Å². The summed E-state index contributed by atoms with van der Waals surface area (Å²) >= 11 is 0. The smallest absolute Gasteiger partial charge is 0.251 e. The molecule has 188 valence electrons. The van der Waals surface area contributed by atoms with Crippen molar-refractivity contribution in [3.05, 3.63) is 65.2 Å². The van der Waals surface area contributed by atoms with Crippen molar-refractivity contribution in [3.8, 4) is 0 Å². The van der Waals surface area contributed by atoms with Crippen LogP contribution in [-0.4, -0.2) is 61.7 Å². The quantitative estimate of drug-likeness (QED) is 0.662. The van der Waals surface area contributed by atoms with Crippen molar-refractivity contribution in [2.45, 2.75) is 56.9 Å². The van der Waals surface area contributed by atoms with Crippen molar-refractivity contribution in [2.75, 3.05) is 26.2 Å². The molecule has 1 N–H and O–H groups in total. The molecular formula is C27H35N3O4S. The summed E-state index contributed by atoms with van der Waals surface area (Å²) < 4.78 is 27.8. The zero-order chi connectivity index (χ0) is 25.0. The van der Waals surface area contributed by atoms with E-state index in [0.29, 0.717) is 44.6 Å². The maximum atomic E-state index is 13.5. The Morgan fingerprint density at radius 1 is 0.829 bits per heavy atom. The molecule has 0 spiro atoms. The second-order valence-electron chi connectivity index (χ2n) is 9.76. The van der Waals surface area contributed by atoms with Crippen LogP contribution in [0.15, 0.2) is 53.4 Å². The average Bonchev–Trinajstić information content (AvgIpc) is 2.88. The van der Waals surface area contributed by atoms with E-state index in [-0.39, 0.29) is 22.6 Å². The van der Waals surface area contributed by atoms with Gasteiger partial charge in [-0.05, 0) is 76.1 Å². The number of piperidine rings is 2. The number of likely N-dealkylation sites (tertiary alicyclic amines) is 1. The number of carbonyl (C=O) groups excluding carboxylic acids is 2. The Morgan fingerprint density at radius 3 is 1.94 bits per heavy atom. The van der Waals surface area contributed by atoms with Gasteiger partial charge >= 0.3 is 0 Å². The predicted octanol–water partition coefficient (Wildman–Crippen LogP) is 3.52. The van der Waals surface area contributed by atoms with E-state index in [0.717, 1.165) is 30.4 Å². The zero-order valence-corrected chi connectivity index (χ0v) is 21.4. The van der Waals surface area contributed by atoms with Gasteiger partial charge in [-0.25, -0.2) is 8.42 Å². The summed E-state index contributed by atoms with van der Waals surface area (Å²) in [6.07, 6.45) is 4.08. The molecule has 35 heavy (non-hydrogen) atoms. The summed E-state index contributed by atoms with van der Waals surface area (Å²) in [6, 6.07) is 13.5. The lowest BCUT2D eigenvalue weighted by molar-refractivity contribution is -0.135. The number of hydrogen-bond donors (Lipinski definition) is 1. The first-order valence-corrected chi connectivity index (χ1v) is 13.9.